The number of aliphatic hydroxyl groups is 1. The SMILES string of the molecule is CC/C=C\C/C=C\C/C=C\C/C=C\C/C=C\CC(=O)OCC(COP(=O)(O)OCC(O)COP(=O)(O)OCC(COC(=O)CCCCCCC/C=C\C/C=C\CCCCC)OC(=O)CCCCCCC/C=C\CCCCCCCC)OC(=O)CCCC/C=C\C/C=C\C/C=C\C/C=C\CC. The summed E-state index contributed by atoms with van der Waals surface area (Å²) in [4.78, 5) is 72.8. The zero-order chi connectivity index (χ0) is 73.2. The number of allylic oxidation sites excluding steroid dienone is 23. The predicted octanol–water partition coefficient (Wildman–Crippen LogP) is 21.9. The number of rotatable bonds is 70. The van der Waals surface area contributed by atoms with E-state index in [1.165, 1.54) is 57.8 Å². The van der Waals surface area contributed by atoms with Gasteiger partial charge < -0.3 is 33.8 Å². The van der Waals surface area contributed by atoms with E-state index in [4.69, 9.17) is 37.0 Å². The fourth-order valence-corrected chi connectivity index (χ4v) is 11.1. The van der Waals surface area contributed by atoms with Crippen molar-refractivity contribution in [3.8, 4) is 0 Å². The molecule has 5 unspecified atom stereocenters. The van der Waals surface area contributed by atoms with E-state index in [0.29, 0.717) is 32.1 Å². The zero-order valence-corrected chi connectivity index (χ0v) is 63.9. The molecular weight excluding hydrogens is 1310 g/mol. The average molecular weight is 1440 g/mol. The molecule has 0 bridgehead atoms. The first-order valence-electron chi connectivity index (χ1n) is 38.1. The number of ether oxygens (including phenoxy) is 4. The summed E-state index contributed by atoms with van der Waals surface area (Å²) in [5, 5.41) is 10.6. The van der Waals surface area contributed by atoms with Crippen LogP contribution < -0.4 is 0 Å². The first-order valence-corrected chi connectivity index (χ1v) is 41.1. The van der Waals surface area contributed by atoms with Crippen molar-refractivity contribution in [3.63, 3.8) is 0 Å². The Kier molecular flexibility index (Phi) is 68.6. The van der Waals surface area contributed by atoms with E-state index in [9.17, 15) is 43.2 Å². The van der Waals surface area contributed by atoms with Crippen LogP contribution in [0.5, 0.6) is 0 Å². The summed E-state index contributed by atoms with van der Waals surface area (Å²) in [7, 11) is -10.0. The molecule has 0 fully saturated rings. The van der Waals surface area contributed by atoms with Crippen LogP contribution >= 0.6 is 15.6 Å². The van der Waals surface area contributed by atoms with Gasteiger partial charge in [0.05, 0.1) is 32.8 Å². The fourth-order valence-electron chi connectivity index (χ4n) is 9.54. The number of esters is 4. The van der Waals surface area contributed by atoms with E-state index in [1.54, 1.807) is 6.08 Å². The number of phosphoric acid groups is 2. The van der Waals surface area contributed by atoms with Crippen molar-refractivity contribution in [2.24, 2.45) is 0 Å². The molecule has 0 aromatic carbocycles. The maximum Gasteiger partial charge on any atom is 0.472 e. The predicted molar refractivity (Wildman–Crippen MR) is 408 cm³/mol. The quantitative estimate of drug-likeness (QED) is 0.0169. The van der Waals surface area contributed by atoms with E-state index in [-0.39, 0.29) is 25.7 Å². The molecule has 100 heavy (non-hydrogen) atoms. The van der Waals surface area contributed by atoms with E-state index >= 15 is 0 Å². The Morgan fingerprint density at radius 2 is 0.560 bits per heavy atom. The van der Waals surface area contributed by atoms with Crippen molar-refractivity contribution in [2.75, 3.05) is 39.6 Å². The van der Waals surface area contributed by atoms with E-state index in [0.717, 1.165) is 141 Å². The Balaban J connectivity index is 5.48. The van der Waals surface area contributed by atoms with Gasteiger partial charge >= 0.3 is 39.5 Å². The molecule has 19 heteroatoms. The highest BCUT2D eigenvalue weighted by Gasteiger charge is 2.30. The fraction of sp³-hybridized carbons (Fsp3) is 0.654. The van der Waals surface area contributed by atoms with E-state index < -0.39 is 97.5 Å². The minimum atomic E-state index is -5.01. The van der Waals surface area contributed by atoms with Crippen molar-refractivity contribution >= 4 is 39.5 Å². The van der Waals surface area contributed by atoms with Crippen LogP contribution in [0.1, 0.15) is 285 Å². The van der Waals surface area contributed by atoms with Gasteiger partial charge in [-0.3, -0.25) is 37.3 Å². The zero-order valence-electron chi connectivity index (χ0n) is 62.1. The molecule has 0 rings (SSSR count). The van der Waals surface area contributed by atoms with Crippen LogP contribution in [0.25, 0.3) is 0 Å². The highest BCUT2D eigenvalue weighted by molar-refractivity contribution is 7.47. The standard InChI is InChI=1S/C81H134O17P2/c1-5-9-13-17-21-25-29-33-37-41-45-49-53-57-61-65-78(83)91-71-76(97-80(85)67-63-59-55-51-47-43-39-35-31-27-23-19-15-11-7-3)73-95-99(87,88)93-69-75(82)70-94-100(89,90)96-74-77(98-81(86)68-64-60-56-52-48-44-40-36-32-28-24-20-16-12-8-4)72-92-79(84)66-62-58-54-50-46-42-38-34-30-26-22-18-14-10-6-2/h9,11,13,15,21-23,25-27,33-40,45,47,49,51,57,61,75-77,82H,5-8,10,12,14,16-20,24,28-32,41-44,46,48,50,52-56,58-60,62-74H2,1-4H3,(H,87,88)(H,89,90)/b13-9-,15-11-,25-21-,26-22-,27-23-,37-33-,38-34-,39-35-,40-36-,49-45-,51-47-,61-57-. The van der Waals surface area contributed by atoms with Gasteiger partial charge in [-0.25, -0.2) is 9.13 Å². The number of phosphoric ester groups is 2. The third-order valence-corrected chi connectivity index (χ3v) is 17.2. The Labute approximate surface area is 605 Å². The second-order valence-corrected chi connectivity index (χ2v) is 27.7. The lowest BCUT2D eigenvalue weighted by molar-refractivity contribution is -0.161. The minimum Gasteiger partial charge on any atom is -0.462 e. The molecule has 0 aliphatic heterocycles. The highest BCUT2D eigenvalue weighted by Crippen LogP contribution is 2.45. The molecule has 3 N–H and O–H groups in total. The summed E-state index contributed by atoms with van der Waals surface area (Å²) in [6.07, 6.45) is 81.6. The van der Waals surface area contributed by atoms with Gasteiger partial charge in [0, 0.05) is 19.3 Å². The lowest BCUT2D eigenvalue weighted by Gasteiger charge is -2.21. The molecule has 5 atom stereocenters. The van der Waals surface area contributed by atoms with Crippen LogP contribution in [0.3, 0.4) is 0 Å². The molecule has 0 aliphatic rings. The minimum absolute atomic E-state index is 0.0184. The molecule has 0 aromatic heterocycles. The molecular formula is C81H134O17P2. The Morgan fingerprint density at radius 1 is 0.300 bits per heavy atom. The Bertz CT molecular complexity index is 2470. The Morgan fingerprint density at radius 3 is 0.940 bits per heavy atom. The summed E-state index contributed by atoms with van der Waals surface area (Å²) in [6, 6.07) is 0. The lowest BCUT2D eigenvalue weighted by Crippen LogP contribution is -2.30. The summed E-state index contributed by atoms with van der Waals surface area (Å²) in [5.41, 5.74) is 0. The van der Waals surface area contributed by atoms with Crippen LogP contribution in [-0.2, 0) is 65.4 Å². The van der Waals surface area contributed by atoms with E-state index in [2.05, 4.69) is 143 Å². The molecule has 0 aliphatic carbocycles. The molecule has 0 aromatic rings. The first-order chi connectivity index (χ1) is 48.7. The molecule has 0 amide bonds. The summed E-state index contributed by atoms with van der Waals surface area (Å²) >= 11 is 0. The van der Waals surface area contributed by atoms with Crippen LogP contribution in [0.2, 0.25) is 0 Å². The second kappa shape index (κ2) is 72.3. The molecule has 570 valence electrons. The molecule has 0 saturated heterocycles. The van der Waals surface area contributed by atoms with Gasteiger partial charge in [0.15, 0.2) is 12.2 Å². The number of hydrogen-bond donors (Lipinski definition) is 3. The monoisotopic (exact) mass is 1440 g/mol. The van der Waals surface area contributed by atoms with Crippen molar-refractivity contribution in [3.05, 3.63) is 146 Å². The van der Waals surface area contributed by atoms with Crippen molar-refractivity contribution in [1.82, 2.24) is 0 Å². The summed E-state index contributed by atoms with van der Waals surface area (Å²) in [6.45, 7) is 4.41. The normalized spacial score (nSPS) is 14.8. The molecule has 0 spiro atoms. The number of aliphatic hydroxyl groups excluding tert-OH is 1. The highest BCUT2D eigenvalue weighted by atomic mass is 31.2. The molecule has 0 heterocycles. The number of carbonyl (C=O) groups excluding carboxylic acids is 4. The van der Waals surface area contributed by atoms with Gasteiger partial charge in [-0.2, -0.15) is 0 Å². The molecule has 0 saturated carbocycles. The van der Waals surface area contributed by atoms with Gasteiger partial charge in [0.2, 0.25) is 0 Å². The maximum absolute atomic E-state index is 13.1. The van der Waals surface area contributed by atoms with Gasteiger partial charge in [-0.05, 0) is 148 Å². The van der Waals surface area contributed by atoms with Gasteiger partial charge in [0.25, 0.3) is 0 Å². The van der Waals surface area contributed by atoms with Crippen LogP contribution in [0.15, 0.2) is 146 Å². The van der Waals surface area contributed by atoms with E-state index in [1.807, 2.05) is 24.3 Å². The molecule has 0 radical (unpaired) electrons. The van der Waals surface area contributed by atoms with Crippen molar-refractivity contribution in [1.29, 1.82) is 0 Å². The van der Waals surface area contributed by atoms with Gasteiger partial charge in [-0.1, -0.05) is 257 Å². The van der Waals surface area contributed by atoms with Gasteiger partial charge in [-0.15, -0.1) is 0 Å². The van der Waals surface area contributed by atoms with Crippen LogP contribution in [-0.4, -0.2) is 96.7 Å². The van der Waals surface area contributed by atoms with Crippen molar-refractivity contribution in [2.45, 2.75) is 303 Å². The van der Waals surface area contributed by atoms with Crippen molar-refractivity contribution < 1.29 is 80.2 Å². The summed E-state index contributed by atoms with van der Waals surface area (Å²) < 4.78 is 68.3. The third kappa shape index (κ3) is 71.3. The number of unbranched alkanes of at least 4 members (excludes halogenated alkanes) is 21. The van der Waals surface area contributed by atoms with Gasteiger partial charge in [0.1, 0.15) is 19.3 Å². The van der Waals surface area contributed by atoms with Crippen LogP contribution in [0, 0.1) is 0 Å². The second-order valence-electron chi connectivity index (χ2n) is 24.8. The lowest BCUT2D eigenvalue weighted by atomic mass is 10.1. The average Bonchev–Trinajstić information content (AvgIpc) is 1.01. The number of hydrogen-bond acceptors (Lipinski definition) is 15. The topological polar surface area (TPSA) is 237 Å². The molecule has 17 nitrogen and oxygen atoms in total. The first kappa shape index (κ1) is 94.9. The largest absolute Gasteiger partial charge is 0.472 e. The smallest absolute Gasteiger partial charge is 0.462 e. The third-order valence-electron chi connectivity index (χ3n) is 15.3. The van der Waals surface area contributed by atoms with Crippen LogP contribution in [0.4, 0.5) is 0 Å². The Hall–Kier alpha value is -5.06. The maximum atomic E-state index is 13.1. The number of carbonyl (C=O) groups is 4. The summed E-state index contributed by atoms with van der Waals surface area (Å²) in [5.74, 6) is -2.40.